The topological polar surface area (TPSA) is 139 Å². The van der Waals surface area contributed by atoms with Crippen LogP contribution in [0.25, 0.3) is 11.3 Å². The third-order valence-electron chi connectivity index (χ3n) is 7.77. The number of hydrogen-bond acceptors (Lipinski definition) is 9. The summed E-state index contributed by atoms with van der Waals surface area (Å²) in [4.78, 5) is 24.9. The predicted octanol–water partition coefficient (Wildman–Crippen LogP) is 3.73. The zero-order chi connectivity index (χ0) is 28.6. The summed E-state index contributed by atoms with van der Waals surface area (Å²) in [5.41, 5.74) is 5.87. The van der Waals surface area contributed by atoms with E-state index in [4.69, 9.17) is 9.72 Å². The van der Waals surface area contributed by atoms with Gasteiger partial charge in [0.15, 0.2) is 5.69 Å². The van der Waals surface area contributed by atoms with E-state index in [1.807, 2.05) is 33.8 Å². The van der Waals surface area contributed by atoms with Crippen LogP contribution in [0.15, 0.2) is 42.9 Å². The Balaban J connectivity index is 1.29. The van der Waals surface area contributed by atoms with Crippen LogP contribution in [-0.2, 0) is 16.8 Å². The van der Waals surface area contributed by atoms with Gasteiger partial charge in [-0.3, -0.25) is 14.8 Å². The highest BCUT2D eigenvalue weighted by molar-refractivity contribution is 5.92. The van der Waals surface area contributed by atoms with E-state index in [0.29, 0.717) is 17.7 Å². The number of benzene rings is 1. The van der Waals surface area contributed by atoms with Crippen LogP contribution in [0.4, 0.5) is 11.6 Å². The molecule has 0 bridgehead atoms. The fourth-order valence-corrected chi connectivity index (χ4v) is 5.37. The minimum Gasteiger partial charge on any atom is -0.380 e. The van der Waals surface area contributed by atoms with E-state index < -0.39 is 0 Å². The number of carbonyl (C=O) groups excluding carboxylic acids is 1. The smallest absolute Gasteiger partial charge is 0.273 e. The van der Waals surface area contributed by atoms with E-state index in [9.17, 15) is 4.79 Å². The van der Waals surface area contributed by atoms with Gasteiger partial charge in [0.25, 0.3) is 5.91 Å². The monoisotopic (exact) mass is 556 g/mol. The number of fused-ring (bicyclic) bond motifs is 1. The van der Waals surface area contributed by atoms with Gasteiger partial charge in [-0.2, -0.15) is 5.10 Å². The summed E-state index contributed by atoms with van der Waals surface area (Å²) in [6, 6.07) is 8.48. The minimum absolute atomic E-state index is 0.162. The van der Waals surface area contributed by atoms with E-state index in [2.05, 4.69) is 59.2 Å². The summed E-state index contributed by atoms with van der Waals surface area (Å²) < 4.78 is 7.43. The molecule has 0 unspecified atom stereocenters. The van der Waals surface area contributed by atoms with Crippen LogP contribution >= 0.6 is 0 Å². The normalized spacial score (nSPS) is 19.5. The Morgan fingerprint density at radius 2 is 2.07 bits per heavy atom. The maximum absolute atomic E-state index is 13.3. The SMILES string of the molecule is Cc1[nH]ncc1Nc1nccc(-c2ccc3c(c2)CN([C@H]2CCOC2)CC[C@@H]3NC(=O)c2cn(C(C)(C)C)nn2)n1. The number of nitrogens with zero attached hydrogens (tertiary/aromatic N) is 7. The van der Waals surface area contributed by atoms with Gasteiger partial charge in [0.2, 0.25) is 5.95 Å². The average Bonchev–Trinajstić information content (AvgIpc) is 3.72. The lowest BCUT2D eigenvalue weighted by Crippen LogP contribution is -2.36. The van der Waals surface area contributed by atoms with Crippen molar-refractivity contribution in [1.29, 1.82) is 0 Å². The molecule has 4 aromatic rings. The van der Waals surface area contributed by atoms with Gasteiger partial charge in [0.1, 0.15) is 0 Å². The van der Waals surface area contributed by atoms with Gasteiger partial charge in [0.05, 0.1) is 47.7 Å². The standard InChI is InChI=1S/C29H36N10O2/c1-18-25(14-31-35-18)34-28-30-10-7-23(33-28)19-5-6-22-20(13-19)15-38(21-9-12-41-17-21)11-8-24(22)32-27(40)26-16-39(37-36-26)29(2,3)4/h5-7,10,13-14,16,21,24H,8-9,11-12,15,17H2,1-4H3,(H,31,35)(H,32,40)(H,30,33,34)/t21-,24-/m0/s1. The Morgan fingerprint density at radius 3 is 2.80 bits per heavy atom. The fourth-order valence-electron chi connectivity index (χ4n) is 5.37. The molecule has 214 valence electrons. The van der Waals surface area contributed by atoms with Crippen LogP contribution < -0.4 is 10.6 Å². The number of amides is 1. The Hall–Kier alpha value is -4.16. The largest absolute Gasteiger partial charge is 0.380 e. The molecule has 5 heterocycles. The number of aromatic amines is 1. The summed E-state index contributed by atoms with van der Waals surface area (Å²) in [7, 11) is 0. The maximum atomic E-state index is 13.3. The number of carbonyl (C=O) groups is 1. The van der Waals surface area contributed by atoms with Gasteiger partial charge in [-0.1, -0.05) is 17.3 Å². The molecule has 2 aliphatic rings. The highest BCUT2D eigenvalue weighted by Gasteiger charge is 2.30. The molecule has 1 saturated heterocycles. The van der Waals surface area contributed by atoms with E-state index in [1.165, 1.54) is 0 Å². The first-order valence-corrected chi connectivity index (χ1v) is 14.0. The molecule has 3 N–H and O–H groups in total. The maximum Gasteiger partial charge on any atom is 0.273 e. The van der Waals surface area contributed by atoms with Crippen LogP contribution in [0.3, 0.4) is 0 Å². The summed E-state index contributed by atoms with van der Waals surface area (Å²) >= 11 is 0. The summed E-state index contributed by atoms with van der Waals surface area (Å²) in [5, 5.41) is 21.8. The lowest BCUT2D eigenvalue weighted by molar-refractivity contribution is 0.0924. The second-order valence-corrected chi connectivity index (χ2v) is 11.7. The molecule has 6 rings (SSSR count). The van der Waals surface area contributed by atoms with Gasteiger partial charge in [-0.15, -0.1) is 5.10 Å². The molecule has 12 heteroatoms. The number of rotatable bonds is 6. The molecular formula is C29H36N10O2. The Kier molecular flexibility index (Phi) is 7.26. The molecule has 2 aliphatic heterocycles. The van der Waals surface area contributed by atoms with Gasteiger partial charge in [-0.25, -0.2) is 14.6 Å². The van der Waals surface area contributed by atoms with E-state index >= 15 is 0 Å². The molecule has 0 saturated carbocycles. The Bertz CT molecular complexity index is 1530. The van der Waals surface area contributed by atoms with Gasteiger partial charge >= 0.3 is 0 Å². The van der Waals surface area contributed by atoms with Crippen molar-refractivity contribution in [1.82, 2.24) is 45.4 Å². The fraction of sp³-hybridized carbons (Fsp3) is 0.448. The van der Waals surface area contributed by atoms with Crippen molar-refractivity contribution in [2.45, 2.75) is 64.7 Å². The highest BCUT2D eigenvalue weighted by atomic mass is 16.5. The number of aryl methyl sites for hydroxylation is 1. The Morgan fingerprint density at radius 1 is 1.20 bits per heavy atom. The van der Waals surface area contributed by atoms with Gasteiger partial charge in [-0.05, 0) is 63.8 Å². The molecule has 1 amide bonds. The van der Waals surface area contributed by atoms with Gasteiger partial charge < -0.3 is 15.4 Å². The van der Waals surface area contributed by atoms with Gasteiger partial charge in [0, 0.05) is 37.5 Å². The summed E-state index contributed by atoms with van der Waals surface area (Å²) in [5.74, 6) is 0.277. The zero-order valence-electron chi connectivity index (χ0n) is 23.9. The molecule has 3 aromatic heterocycles. The van der Waals surface area contributed by atoms with E-state index in [1.54, 1.807) is 23.3 Å². The number of ether oxygens (including phenoxy) is 1. The van der Waals surface area contributed by atoms with Crippen molar-refractivity contribution in [3.8, 4) is 11.3 Å². The number of anilines is 2. The van der Waals surface area contributed by atoms with Crippen molar-refractivity contribution in [2.75, 3.05) is 25.1 Å². The van der Waals surface area contributed by atoms with Crippen molar-refractivity contribution in [3.05, 3.63) is 65.4 Å². The lowest BCUT2D eigenvalue weighted by Gasteiger charge is -2.26. The number of H-pyrrole nitrogens is 1. The minimum atomic E-state index is -0.256. The molecule has 41 heavy (non-hydrogen) atoms. The summed E-state index contributed by atoms with van der Waals surface area (Å²) in [6.07, 6.45) is 6.97. The first-order valence-electron chi connectivity index (χ1n) is 14.0. The van der Waals surface area contributed by atoms with Crippen LogP contribution in [0.1, 0.15) is 67.0 Å². The van der Waals surface area contributed by atoms with Crippen LogP contribution in [0.5, 0.6) is 0 Å². The number of hydrogen-bond donors (Lipinski definition) is 3. The Labute approximate surface area is 238 Å². The molecule has 1 aromatic carbocycles. The predicted molar refractivity (Wildman–Crippen MR) is 154 cm³/mol. The zero-order valence-corrected chi connectivity index (χ0v) is 23.9. The second-order valence-electron chi connectivity index (χ2n) is 11.7. The molecule has 0 radical (unpaired) electrons. The second kappa shape index (κ2) is 11.0. The third kappa shape index (κ3) is 5.84. The van der Waals surface area contributed by atoms with Crippen LogP contribution in [0, 0.1) is 6.92 Å². The first kappa shape index (κ1) is 27.0. The van der Waals surface area contributed by atoms with Crippen molar-refractivity contribution in [3.63, 3.8) is 0 Å². The van der Waals surface area contributed by atoms with Crippen molar-refractivity contribution in [2.24, 2.45) is 0 Å². The van der Waals surface area contributed by atoms with E-state index in [0.717, 1.165) is 72.9 Å². The van der Waals surface area contributed by atoms with Crippen LogP contribution in [-0.4, -0.2) is 71.8 Å². The lowest BCUT2D eigenvalue weighted by atomic mass is 9.96. The van der Waals surface area contributed by atoms with Crippen molar-refractivity contribution < 1.29 is 9.53 Å². The molecular weight excluding hydrogens is 520 g/mol. The molecule has 0 aliphatic carbocycles. The average molecular weight is 557 g/mol. The number of aromatic nitrogens is 7. The van der Waals surface area contributed by atoms with Crippen molar-refractivity contribution >= 4 is 17.5 Å². The number of nitrogens with one attached hydrogen (secondary N) is 3. The van der Waals surface area contributed by atoms with E-state index in [-0.39, 0.29) is 17.5 Å². The molecule has 2 atom stereocenters. The molecule has 0 spiro atoms. The quantitative estimate of drug-likeness (QED) is 0.324. The van der Waals surface area contributed by atoms with Crippen LogP contribution in [0.2, 0.25) is 0 Å². The highest BCUT2D eigenvalue weighted by Crippen LogP contribution is 2.33. The first-order chi connectivity index (χ1) is 19.7. The molecule has 1 fully saturated rings. The third-order valence-corrected chi connectivity index (χ3v) is 7.77. The molecule has 12 nitrogen and oxygen atoms in total. The summed E-state index contributed by atoms with van der Waals surface area (Å²) in [6.45, 7) is 11.2.